The predicted molar refractivity (Wildman–Crippen MR) is 109 cm³/mol. The first-order valence-electron chi connectivity index (χ1n) is 8.82. The summed E-state index contributed by atoms with van der Waals surface area (Å²) in [6.45, 7) is 2.06. The molecule has 0 unspecified atom stereocenters. The Bertz CT molecular complexity index is 1050. The number of fused-ring (bicyclic) bond motifs is 1. The molecular formula is C23H20N2O2. The summed E-state index contributed by atoms with van der Waals surface area (Å²) in [4.78, 5) is 9.70. The van der Waals surface area contributed by atoms with Crippen LogP contribution in [-0.2, 0) is 0 Å². The van der Waals surface area contributed by atoms with Gasteiger partial charge in [0.1, 0.15) is 11.5 Å². The lowest BCUT2D eigenvalue weighted by molar-refractivity contribution is 0.412. The van der Waals surface area contributed by atoms with Crippen molar-refractivity contribution in [3.05, 3.63) is 83.4 Å². The fourth-order valence-corrected chi connectivity index (χ4v) is 3.12. The van der Waals surface area contributed by atoms with E-state index in [0.29, 0.717) is 17.7 Å². The number of aromatic hydroxyl groups is 1. The molecule has 1 aliphatic rings. The normalized spacial score (nSPS) is 13.3. The fraction of sp³-hybridized carbons (Fsp3) is 0.130. The zero-order valence-corrected chi connectivity index (χ0v) is 15.3. The van der Waals surface area contributed by atoms with Gasteiger partial charge in [0.15, 0.2) is 0 Å². The number of rotatable bonds is 3. The third-order valence-electron chi connectivity index (χ3n) is 4.63. The Labute approximate surface area is 158 Å². The van der Waals surface area contributed by atoms with Crippen molar-refractivity contribution >= 4 is 22.8 Å². The highest BCUT2D eigenvalue weighted by Crippen LogP contribution is 2.34. The Morgan fingerprint density at radius 3 is 2.19 bits per heavy atom. The van der Waals surface area contributed by atoms with Crippen LogP contribution in [-0.4, -0.2) is 23.6 Å². The molecule has 1 aliphatic heterocycles. The summed E-state index contributed by atoms with van der Waals surface area (Å²) in [5.74, 6) is 0.856. The van der Waals surface area contributed by atoms with E-state index >= 15 is 0 Å². The van der Waals surface area contributed by atoms with Gasteiger partial charge in [-0.1, -0.05) is 42.0 Å². The van der Waals surface area contributed by atoms with E-state index in [0.717, 1.165) is 28.4 Å². The second kappa shape index (κ2) is 7.08. The van der Waals surface area contributed by atoms with Crippen LogP contribution in [0.1, 0.15) is 23.1 Å². The van der Waals surface area contributed by atoms with Crippen LogP contribution in [0.4, 0.5) is 11.4 Å². The molecule has 27 heavy (non-hydrogen) atoms. The molecule has 4 rings (SSSR count). The van der Waals surface area contributed by atoms with Gasteiger partial charge in [-0.3, -0.25) is 9.98 Å². The Morgan fingerprint density at radius 2 is 1.52 bits per heavy atom. The second-order valence-electron chi connectivity index (χ2n) is 6.53. The molecule has 0 amide bonds. The van der Waals surface area contributed by atoms with E-state index in [-0.39, 0.29) is 5.75 Å². The van der Waals surface area contributed by atoms with E-state index in [1.807, 2.05) is 30.3 Å². The quantitative estimate of drug-likeness (QED) is 0.687. The summed E-state index contributed by atoms with van der Waals surface area (Å²) in [6.07, 6.45) is 0.512. The van der Waals surface area contributed by atoms with E-state index in [1.165, 1.54) is 5.56 Å². The van der Waals surface area contributed by atoms with Crippen molar-refractivity contribution < 1.29 is 9.84 Å². The number of phenols is 1. The van der Waals surface area contributed by atoms with Crippen LogP contribution in [0.15, 0.2) is 76.7 Å². The van der Waals surface area contributed by atoms with Crippen molar-refractivity contribution in [1.82, 2.24) is 0 Å². The van der Waals surface area contributed by atoms with Gasteiger partial charge in [-0.2, -0.15) is 0 Å². The Hall–Kier alpha value is -3.40. The number of nitrogens with zero attached hydrogens (tertiary/aromatic N) is 2. The minimum absolute atomic E-state index is 0.178. The van der Waals surface area contributed by atoms with Crippen LogP contribution in [0.25, 0.3) is 0 Å². The first-order valence-corrected chi connectivity index (χ1v) is 8.82. The van der Waals surface area contributed by atoms with Crippen LogP contribution in [0.3, 0.4) is 0 Å². The highest BCUT2D eigenvalue weighted by molar-refractivity contribution is 6.21. The molecule has 4 nitrogen and oxygen atoms in total. The van der Waals surface area contributed by atoms with E-state index < -0.39 is 0 Å². The molecule has 0 aromatic heterocycles. The van der Waals surface area contributed by atoms with Crippen LogP contribution in [0.2, 0.25) is 0 Å². The monoisotopic (exact) mass is 356 g/mol. The Balaban J connectivity index is 1.87. The van der Waals surface area contributed by atoms with E-state index in [9.17, 15) is 5.11 Å². The third kappa shape index (κ3) is 3.47. The Morgan fingerprint density at radius 1 is 0.852 bits per heavy atom. The molecular weight excluding hydrogens is 336 g/mol. The minimum Gasteiger partial charge on any atom is -0.507 e. The molecule has 3 aromatic carbocycles. The molecule has 0 aliphatic carbocycles. The number of aryl methyl sites for hydroxylation is 1. The number of hydrogen-bond donors (Lipinski definition) is 1. The lowest BCUT2D eigenvalue weighted by Gasteiger charge is -2.11. The third-order valence-corrected chi connectivity index (χ3v) is 4.63. The molecule has 0 saturated carbocycles. The largest absolute Gasteiger partial charge is 0.507 e. The van der Waals surface area contributed by atoms with E-state index in [1.54, 1.807) is 19.2 Å². The molecule has 1 heterocycles. The molecule has 134 valence electrons. The van der Waals surface area contributed by atoms with Gasteiger partial charge >= 0.3 is 0 Å². The van der Waals surface area contributed by atoms with Gasteiger partial charge in [0.2, 0.25) is 0 Å². The van der Waals surface area contributed by atoms with Crippen molar-refractivity contribution in [2.24, 2.45) is 9.98 Å². The summed E-state index contributed by atoms with van der Waals surface area (Å²) in [7, 11) is 1.61. The number of benzene rings is 3. The van der Waals surface area contributed by atoms with Crippen LogP contribution >= 0.6 is 0 Å². The lowest BCUT2D eigenvalue weighted by atomic mass is 9.98. The van der Waals surface area contributed by atoms with Crippen LogP contribution in [0.5, 0.6) is 11.5 Å². The molecule has 4 heteroatoms. The number of methoxy groups -OCH3 is 1. The van der Waals surface area contributed by atoms with Crippen molar-refractivity contribution in [2.75, 3.05) is 7.11 Å². The van der Waals surface area contributed by atoms with Gasteiger partial charge in [-0.25, -0.2) is 0 Å². The first-order chi connectivity index (χ1) is 13.1. The molecule has 0 saturated heterocycles. The maximum Gasteiger partial charge on any atom is 0.124 e. The Kier molecular flexibility index (Phi) is 4.47. The molecule has 0 bridgehead atoms. The summed E-state index contributed by atoms with van der Waals surface area (Å²) >= 11 is 0. The molecule has 0 radical (unpaired) electrons. The number of phenolic OH excluding ortho intramolecular Hbond substituents is 1. The van der Waals surface area contributed by atoms with Gasteiger partial charge in [0.05, 0.1) is 29.9 Å². The minimum atomic E-state index is 0.178. The van der Waals surface area contributed by atoms with Gasteiger partial charge < -0.3 is 9.84 Å². The van der Waals surface area contributed by atoms with E-state index in [4.69, 9.17) is 14.7 Å². The van der Waals surface area contributed by atoms with Crippen molar-refractivity contribution in [3.63, 3.8) is 0 Å². The number of para-hydroxylation sites is 2. The molecule has 3 aromatic rings. The second-order valence-corrected chi connectivity index (χ2v) is 6.53. The summed E-state index contributed by atoms with van der Waals surface area (Å²) in [5, 5.41) is 10.4. The fourth-order valence-electron chi connectivity index (χ4n) is 3.12. The maximum atomic E-state index is 10.4. The highest BCUT2D eigenvalue weighted by atomic mass is 16.5. The zero-order valence-electron chi connectivity index (χ0n) is 15.3. The summed E-state index contributed by atoms with van der Waals surface area (Å²) < 4.78 is 5.33. The standard InChI is InChI=1S/C23H20N2O2/c1-15-7-9-16(10-8-15)21-14-22(18-13-17(27-2)11-12-23(18)26)25-20-6-4-3-5-19(20)24-21/h3-13,26H,14H2,1-2H3. The first kappa shape index (κ1) is 17.0. The van der Waals surface area contributed by atoms with Gasteiger partial charge in [0, 0.05) is 12.0 Å². The molecule has 0 atom stereocenters. The van der Waals surface area contributed by atoms with Gasteiger partial charge in [-0.15, -0.1) is 0 Å². The average molecular weight is 356 g/mol. The van der Waals surface area contributed by atoms with Crippen molar-refractivity contribution in [1.29, 1.82) is 0 Å². The van der Waals surface area contributed by atoms with Gasteiger partial charge in [-0.05, 0) is 42.8 Å². The maximum absolute atomic E-state index is 10.4. The zero-order chi connectivity index (χ0) is 18.8. The summed E-state index contributed by atoms with van der Waals surface area (Å²) in [5.41, 5.74) is 6.20. The van der Waals surface area contributed by atoms with E-state index in [2.05, 4.69) is 31.2 Å². The highest BCUT2D eigenvalue weighted by Gasteiger charge is 2.19. The topological polar surface area (TPSA) is 54.2 Å². The molecule has 1 N–H and O–H groups in total. The molecule has 0 fully saturated rings. The number of ether oxygens (including phenoxy) is 1. The number of hydrogen-bond acceptors (Lipinski definition) is 4. The van der Waals surface area contributed by atoms with Gasteiger partial charge in [0.25, 0.3) is 0 Å². The smallest absolute Gasteiger partial charge is 0.124 e. The molecule has 0 spiro atoms. The van der Waals surface area contributed by atoms with Crippen LogP contribution in [0, 0.1) is 6.92 Å². The average Bonchev–Trinajstić information content (AvgIpc) is 2.88. The lowest BCUT2D eigenvalue weighted by Crippen LogP contribution is -2.10. The van der Waals surface area contributed by atoms with Crippen LogP contribution < -0.4 is 4.74 Å². The number of aliphatic imine (C=N–C) groups is 2. The predicted octanol–water partition coefficient (Wildman–Crippen LogP) is 5.35. The SMILES string of the molecule is COc1ccc(O)c(C2=Nc3ccccc3N=C(c3ccc(C)cc3)C2)c1. The summed E-state index contributed by atoms with van der Waals surface area (Å²) in [6, 6.07) is 21.3. The van der Waals surface area contributed by atoms with Crippen molar-refractivity contribution in [2.45, 2.75) is 13.3 Å². The van der Waals surface area contributed by atoms with Crippen molar-refractivity contribution in [3.8, 4) is 11.5 Å².